The molecule has 0 saturated carbocycles. The molecule has 0 aromatic carbocycles. The van der Waals surface area contributed by atoms with Crippen molar-refractivity contribution in [1.82, 2.24) is 5.32 Å². The minimum absolute atomic E-state index is 0.315. The van der Waals surface area contributed by atoms with E-state index in [4.69, 9.17) is 5.11 Å². The Hall–Kier alpha value is -0.0300. The van der Waals surface area contributed by atoms with Crippen LogP contribution in [-0.2, 0) is 6.54 Å². The van der Waals surface area contributed by atoms with Crippen LogP contribution in [-0.4, -0.2) is 29.8 Å². The number of thioether (sulfide) groups is 1. The predicted octanol–water partition coefficient (Wildman–Crippen LogP) is 1.95. The Morgan fingerprint density at radius 2 is 2.36 bits per heavy atom. The second-order valence-electron chi connectivity index (χ2n) is 2.95. The molecular weight excluding hydrogens is 214 g/mol. The van der Waals surface area contributed by atoms with Gasteiger partial charge in [-0.15, -0.1) is 11.3 Å². The third kappa shape index (κ3) is 5.65. The maximum Gasteiger partial charge on any atom is 0.0438 e. The van der Waals surface area contributed by atoms with E-state index in [2.05, 4.69) is 22.8 Å². The average molecular weight is 231 g/mol. The summed E-state index contributed by atoms with van der Waals surface area (Å²) in [4.78, 5) is 1.39. The van der Waals surface area contributed by atoms with Gasteiger partial charge in [-0.3, -0.25) is 0 Å². The van der Waals surface area contributed by atoms with Crippen molar-refractivity contribution in [2.45, 2.75) is 13.0 Å². The zero-order valence-electron chi connectivity index (χ0n) is 8.24. The summed E-state index contributed by atoms with van der Waals surface area (Å²) in [6, 6.07) is 4.23. The molecule has 0 fully saturated rings. The number of nitrogens with one attached hydrogen (secondary N) is 1. The van der Waals surface area contributed by atoms with E-state index in [-0.39, 0.29) is 0 Å². The monoisotopic (exact) mass is 231 g/mol. The van der Waals surface area contributed by atoms with Crippen molar-refractivity contribution >= 4 is 23.1 Å². The van der Waals surface area contributed by atoms with Crippen molar-refractivity contribution in [3.8, 4) is 0 Å². The van der Waals surface area contributed by atoms with Gasteiger partial charge in [-0.2, -0.15) is 11.8 Å². The van der Waals surface area contributed by atoms with E-state index in [9.17, 15) is 0 Å². The Bertz CT molecular complexity index is 214. The lowest BCUT2D eigenvalue weighted by atomic mass is 10.4. The molecule has 0 aliphatic heterocycles. The SMILES string of the molecule is OCCCSCCNCc1cccs1. The molecule has 0 atom stereocenters. The summed E-state index contributed by atoms with van der Waals surface area (Å²) in [5.41, 5.74) is 0. The fraction of sp³-hybridized carbons (Fsp3) is 0.600. The molecule has 0 amide bonds. The largest absolute Gasteiger partial charge is 0.396 e. The van der Waals surface area contributed by atoms with E-state index in [1.165, 1.54) is 4.88 Å². The molecule has 4 heteroatoms. The molecule has 0 radical (unpaired) electrons. The molecule has 0 aliphatic carbocycles. The Labute approximate surface area is 93.7 Å². The highest BCUT2D eigenvalue weighted by atomic mass is 32.2. The lowest BCUT2D eigenvalue weighted by molar-refractivity contribution is 0.296. The standard InChI is InChI=1S/C10H17NOS2/c12-5-2-6-13-8-4-11-9-10-3-1-7-14-10/h1,3,7,11-12H,2,4-6,8-9H2. The highest BCUT2D eigenvalue weighted by molar-refractivity contribution is 7.99. The minimum Gasteiger partial charge on any atom is -0.396 e. The number of rotatable bonds is 8. The average Bonchev–Trinajstić information content (AvgIpc) is 2.69. The molecule has 0 unspecified atom stereocenters. The highest BCUT2D eigenvalue weighted by Crippen LogP contribution is 2.07. The minimum atomic E-state index is 0.315. The molecule has 0 aliphatic rings. The Morgan fingerprint density at radius 3 is 3.07 bits per heavy atom. The molecule has 80 valence electrons. The van der Waals surface area contributed by atoms with Crippen LogP contribution in [0.15, 0.2) is 17.5 Å². The summed E-state index contributed by atoms with van der Waals surface area (Å²) in [7, 11) is 0. The van der Waals surface area contributed by atoms with E-state index in [0.717, 1.165) is 31.0 Å². The van der Waals surface area contributed by atoms with Crippen molar-refractivity contribution in [2.24, 2.45) is 0 Å². The van der Waals surface area contributed by atoms with Gasteiger partial charge >= 0.3 is 0 Å². The summed E-state index contributed by atoms with van der Waals surface area (Å²) in [6.45, 7) is 2.35. The van der Waals surface area contributed by atoms with Crippen LogP contribution in [0.5, 0.6) is 0 Å². The molecule has 1 heterocycles. The first-order chi connectivity index (χ1) is 6.93. The van der Waals surface area contributed by atoms with Crippen molar-refractivity contribution in [3.05, 3.63) is 22.4 Å². The van der Waals surface area contributed by atoms with E-state index >= 15 is 0 Å². The molecular formula is C10H17NOS2. The first-order valence-corrected chi connectivity index (χ1v) is 6.88. The first-order valence-electron chi connectivity index (χ1n) is 4.85. The lowest BCUT2D eigenvalue weighted by Gasteiger charge is -2.02. The molecule has 0 bridgehead atoms. The smallest absolute Gasteiger partial charge is 0.0438 e. The molecule has 0 saturated heterocycles. The van der Waals surface area contributed by atoms with Crippen molar-refractivity contribution in [3.63, 3.8) is 0 Å². The molecule has 1 aromatic rings. The zero-order chi connectivity index (χ0) is 10.1. The molecule has 2 N–H and O–H groups in total. The van der Waals surface area contributed by atoms with Crippen molar-refractivity contribution < 1.29 is 5.11 Å². The Balaban J connectivity index is 1.85. The third-order valence-corrected chi connectivity index (χ3v) is 3.70. The first kappa shape index (κ1) is 12.0. The molecule has 1 rings (SSSR count). The van der Waals surface area contributed by atoms with Crippen LogP contribution in [0, 0.1) is 0 Å². The molecule has 2 nitrogen and oxygen atoms in total. The Kier molecular flexibility index (Phi) is 7.13. The zero-order valence-corrected chi connectivity index (χ0v) is 9.87. The molecule has 0 spiro atoms. The second kappa shape index (κ2) is 8.29. The number of aliphatic hydroxyl groups excluding tert-OH is 1. The van der Waals surface area contributed by atoms with Gasteiger partial charge in [0.05, 0.1) is 0 Å². The van der Waals surface area contributed by atoms with Crippen LogP contribution in [0.2, 0.25) is 0 Å². The summed E-state index contributed by atoms with van der Waals surface area (Å²) in [6.07, 6.45) is 0.912. The van der Waals surface area contributed by atoms with Crippen LogP contribution in [0.25, 0.3) is 0 Å². The van der Waals surface area contributed by atoms with E-state index < -0.39 is 0 Å². The van der Waals surface area contributed by atoms with Gasteiger partial charge in [0.1, 0.15) is 0 Å². The van der Waals surface area contributed by atoms with Crippen LogP contribution in [0.4, 0.5) is 0 Å². The fourth-order valence-electron chi connectivity index (χ4n) is 1.04. The van der Waals surface area contributed by atoms with Crippen molar-refractivity contribution in [1.29, 1.82) is 0 Å². The van der Waals surface area contributed by atoms with E-state index in [1.807, 2.05) is 11.8 Å². The van der Waals surface area contributed by atoms with E-state index in [1.54, 1.807) is 11.3 Å². The van der Waals surface area contributed by atoms with Gasteiger partial charge in [-0.1, -0.05) is 6.07 Å². The van der Waals surface area contributed by atoms with Crippen LogP contribution >= 0.6 is 23.1 Å². The van der Waals surface area contributed by atoms with Gasteiger partial charge in [0.15, 0.2) is 0 Å². The number of hydrogen-bond acceptors (Lipinski definition) is 4. The van der Waals surface area contributed by atoms with Gasteiger partial charge in [0.2, 0.25) is 0 Å². The highest BCUT2D eigenvalue weighted by Gasteiger charge is 1.92. The Morgan fingerprint density at radius 1 is 1.43 bits per heavy atom. The fourth-order valence-corrected chi connectivity index (χ4v) is 2.54. The summed E-state index contributed by atoms with van der Waals surface area (Å²) >= 11 is 3.69. The maximum atomic E-state index is 8.57. The van der Waals surface area contributed by atoms with Gasteiger partial charge < -0.3 is 10.4 Å². The van der Waals surface area contributed by atoms with Gasteiger partial charge in [0.25, 0.3) is 0 Å². The summed E-state index contributed by atoms with van der Waals surface area (Å²) in [5.74, 6) is 2.20. The topological polar surface area (TPSA) is 32.3 Å². The predicted molar refractivity (Wildman–Crippen MR) is 65.1 cm³/mol. The summed E-state index contributed by atoms with van der Waals surface area (Å²) in [5, 5.41) is 14.1. The summed E-state index contributed by atoms with van der Waals surface area (Å²) < 4.78 is 0. The molecule has 14 heavy (non-hydrogen) atoms. The third-order valence-electron chi connectivity index (χ3n) is 1.75. The van der Waals surface area contributed by atoms with Crippen LogP contribution < -0.4 is 5.32 Å². The molecule has 1 aromatic heterocycles. The van der Waals surface area contributed by atoms with Gasteiger partial charge in [-0.05, 0) is 23.6 Å². The number of aliphatic hydroxyl groups is 1. The van der Waals surface area contributed by atoms with Gasteiger partial charge in [-0.25, -0.2) is 0 Å². The maximum absolute atomic E-state index is 8.57. The van der Waals surface area contributed by atoms with Gasteiger partial charge in [0, 0.05) is 30.3 Å². The second-order valence-corrected chi connectivity index (χ2v) is 5.20. The van der Waals surface area contributed by atoms with Crippen molar-refractivity contribution in [2.75, 3.05) is 24.7 Å². The lowest BCUT2D eigenvalue weighted by Crippen LogP contribution is -2.15. The van der Waals surface area contributed by atoms with Crippen LogP contribution in [0.3, 0.4) is 0 Å². The number of thiophene rings is 1. The normalized spacial score (nSPS) is 10.6. The quantitative estimate of drug-likeness (QED) is 0.671. The van der Waals surface area contributed by atoms with Crippen LogP contribution in [0.1, 0.15) is 11.3 Å². The number of hydrogen-bond donors (Lipinski definition) is 2. The van der Waals surface area contributed by atoms with E-state index in [0.29, 0.717) is 6.61 Å².